The van der Waals surface area contributed by atoms with Gasteiger partial charge in [0.1, 0.15) is 8.80 Å². The lowest BCUT2D eigenvalue weighted by molar-refractivity contribution is 1.75. The van der Waals surface area contributed by atoms with Crippen LogP contribution in [0.15, 0.2) is 84.9 Å². The summed E-state index contributed by atoms with van der Waals surface area (Å²) in [6, 6.07) is 30.8. The molecule has 0 aliphatic carbocycles. The minimum absolute atomic E-state index is 0.795. The van der Waals surface area contributed by atoms with Crippen molar-refractivity contribution in [2.45, 2.75) is 6.55 Å². The Morgan fingerprint density at radius 2 is 0.909 bits per heavy atom. The first kappa shape index (κ1) is 13.3. The van der Waals surface area contributed by atoms with Gasteiger partial charge in [-0.25, -0.2) is 0 Å². The summed E-state index contributed by atoms with van der Waals surface area (Å²) in [7, 11) is -0.795. The van der Waals surface area contributed by atoms with Crippen LogP contribution in [0.3, 0.4) is 0 Å². The average Bonchev–Trinajstić information content (AvgIpc) is 2.60. The predicted molar refractivity (Wildman–Crippen MR) is 98.8 cm³/mol. The molecule has 105 valence electrons. The van der Waals surface area contributed by atoms with E-state index in [0.29, 0.717) is 0 Å². The molecule has 0 bridgehead atoms. The summed E-state index contributed by atoms with van der Waals surface area (Å²) in [4.78, 5) is 0. The van der Waals surface area contributed by atoms with Crippen molar-refractivity contribution in [3.05, 3.63) is 84.9 Å². The van der Waals surface area contributed by atoms with Gasteiger partial charge in [0.2, 0.25) is 0 Å². The maximum absolute atomic E-state index is 2.41. The molecule has 0 spiro atoms. The van der Waals surface area contributed by atoms with Crippen LogP contribution < -0.4 is 10.4 Å². The molecule has 0 heterocycles. The Hall–Kier alpha value is -2.38. The molecule has 0 N–H and O–H groups in total. The van der Waals surface area contributed by atoms with Crippen LogP contribution in [0, 0.1) is 0 Å². The van der Waals surface area contributed by atoms with Crippen molar-refractivity contribution in [1.29, 1.82) is 0 Å². The standard InChI is InChI=1S/C21H17Si/c1-22(20-14-6-10-16-8-2-4-12-18(16)20)21-15-7-11-17-9-3-5-13-19(17)21/h2-15H,1H3. The van der Waals surface area contributed by atoms with Gasteiger partial charge in [-0.15, -0.1) is 0 Å². The largest absolute Gasteiger partial charge is 0.119 e. The molecule has 0 aliphatic rings. The van der Waals surface area contributed by atoms with E-state index in [1.54, 1.807) is 0 Å². The Kier molecular flexibility index (Phi) is 3.28. The molecule has 0 fully saturated rings. The first-order chi connectivity index (χ1) is 10.8. The van der Waals surface area contributed by atoms with Crippen molar-refractivity contribution in [3.63, 3.8) is 0 Å². The molecule has 0 atom stereocenters. The van der Waals surface area contributed by atoms with Crippen LogP contribution in [-0.2, 0) is 0 Å². The van der Waals surface area contributed by atoms with E-state index in [2.05, 4.69) is 91.5 Å². The highest BCUT2D eigenvalue weighted by molar-refractivity contribution is 6.87. The maximum atomic E-state index is 2.41. The van der Waals surface area contributed by atoms with Crippen molar-refractivity contribution < 1.29 is 0 Å². The molecule has 0 saturated carbocycles. The fourth-order valence-electron chi connectivity index (χ4n) is 3.25. The van der Waals surface area contributed by atoms with Crippen molar-refractivity contribution in [1.82, 2.24) is 0 Å². The summed E-state index contributed by atoms with van der Waals surface area (Å²) in [5, 5.41) is 8.47. The fraction of sp³-hybridized carbons (Fsp3) is 0.0476. The van der Waals surface area contributed by atoms with Crippen LogP contribution in [0.1, 0.15) is 0 Å². The van der Waals surface area contributed by atoms with E-state index < -0.39 is 8.80 Å². The van der Waals surface area contributed by atoms with Crippen molar-refractivity contribution >= 4 is 40.7 Å². The normalized spacial score (nSPS) is 11.4. The maximum Gasteiger partial charge on any atom is 0.119 e. The monoisotopic (exact) mass is 297 g/mol. The van der Waals surface area contributed by atoms with E-state index in [-0.39, 0.29) is 0 Å². The Morgan fingerprint density at radius 3 is 1.41 bits per heavy atom. The molecule has 0 unspecified atom stereocenters. The van der Waals surface area contributed by atoms with Crippen molar-refractivity contribution in [2.75, 3.05) is 0 Å². The lowest BCUT2D eigenvalue weighted by Gasteiger charge is -2.16. The second-order valence-electron chi connectivity index (χ2n) is 5.68. The molecule has 0 nitrogen and oxygen atoms in total. The highest BCUT2D eigenvalue weighted by Crippen LogP contribution is 2.15. The van der Waals surface area contributed by atoms with E-state index in [1.807, 2.05) is 0 Å². The van der Waals surface area contributed by atoms with Crippen LogP contribution >= 0.6 is 0 Å². The molecular formula is C21H17Si. The number of benzene rings is 4. The lowest BCUT2D eigenvalue weighted by Crippen LogP contribution is -2.40. The van der Waals surface area contributed by atoms with Crippen molar-refractivity contribution in [3.8, 4) is 0 Å². The van der Waals surface area contributed by atoms with Gasteiger partial charge in [-0.1, -0.05) is 91.5 Å². The molecule has 0 amide bonds. The summed E-state index contributed by atoms with van der Waals surface area (Å²) in [6.07, 6.45) is 0. The van der Waals surface area contributed by atoms with Gasteiger partial charge in [0.25, 0.3) is 0 Å². The number of hydrogen-bond acceptors (Lipinski definition) is 0. The van der Waals surface area contributed by atoms with Gasteiger partial charge in [0.05, 0.1) is 0 Å². The smallest absolute Gasteiger partial charge is 0.0628 e. The third-order valence-corrected chi connectivity index (χ3v) is 6.88. The number of rotatable bonds is 2. The van der Waals surface area contributed by atoms with Gasteiger partial charge in [-0.3, -0.25) is 0 Å². The molecule has 1 radical (unpaired) electrons. The predicted octanol–water partition coefficient (Wildman–Crippen LogP) is 4.23. The van der Waals surface area contributed by atoms with Gasteiger partial charge in [0, 0.05) is 0 Å². The second-order valence-corrected chi connectivity index (χ2v) is 8.01. The highest BCUT2D eigenvalue weighted by atomic mass is 28.3. The Morgan fingerprint density at radius 1 is 0.500 bits per heavy atom. The third kappa shape index (κ3) is 2.15. The van der Waals surface area contributed by atoms with E-state index in [1.165, 1.54) is 31.9 Å². The first-order valence-corrected chi connectivity index (χ1v) is 9.64. The fourth-order valence-corrected chi connectivity index (χ4v) is 5.50. The van der Waals surface area contributed by atoms with E-state index in [0.717, 1.165) is 0 Å². The number of fused-ring (bicyclic) bond motifs is 2. The molecule has 0 aliphatic heterocycles. The molecule has 1 heteroatoms. The van der Waals surface area contributed by atoms with Crippen LogP contribution in [0.5, 0.6) is 0 Å². The quantitative estimate of drug-likeness (QED) is 0.486. The molecule has 0 saturated heterocycles. The Balaban J connectivity index is 1.94. The zero-order valence-corrected chi connectivity index (χ0v) is 13.6. The summed E-state index contributed by atoms with van der Waals surface area (Å²) in [6.45, 7) is 2.41. The van der Waals surface area contributed by atoms with E-state index in [4.69, 9.17) is 0 Å². The molecule has 4 aromatic rings. The van der Waals surface area contributed by atoms with Gasteiger partial charge in [-0.2, -0.15) is 0 Å². The van der Waals surface area contributed by atoms with E-state index in [9.17, 15) is 0 Å². The lowest BCUT2D eigenvalue weighted by atomic mass is 10.1. The van der Waals surface area contributed by atoms with Gasteiger partial charge < -0.3 is 0 Å². The minimum Gasteiger partial charge on any atom is -0.0628 e. The van der Waals surface area contributed by atoms with E-state index >= 15 is 0 Å². The summed E-state index contributed by atoms with van der Waals surface area (Å²) in [5.74, 6) is 0. The molecular weight excluding hydrogens is 280 g/mol. The van der Waals surface area contributed by atoms with Gasteiger partial charge in [0.15, 0.2) is 0 Å². The minimum atomic E-state index is -0.795. The van der Waals surface area contributed by atoms with Gasteiger partial charge >= 0.3 is 0 Å². The van der Waals surface area contributed by atoms with Crippen LogP contribution in [-0.4, -0.2) is 8.80 Å². The Bertz CT molecular complexity index is 866. The summed E-state index contributed by atoms with van der Waals surface area (Å²) < 4.78 is 0. The Labute approximate surface area is 132 Å². The summed E-state index contributed by atoms with van der Waals surface area (Å²) in [5.41, 5.74) is 0. The van der Waals surface area contributed by atoms with Crippen LogP contribution in [0.4, 0.5) is 0 Å². The zero-order valence-electron chi connectivity index (χ0n) is 12.6. The van der Waals surface area contributed by atoms with Crippen LogP contribution in [0.2, 0.25) is 6.55 Å². The van der Waals surface area contributed by atoms with Gasteiger partial charge in [-0.05, 0) is 31.9 Å². The zero-order chi connectivity index (χ0) is 14.9. The highest BCUT2D eigenvalue weighted by Gasteiger charge is 2.15. The van der Waals surface area contributed by atoms with Crippen molar-refractivity contribution in [2.24, 2.45) is 0 Å². The molecule has 0 aromatic heterocycles. The van der Waals surface area contributed by atoms with Crippen LogP contribution in [0.25, 0.3) is 21.5 Å². The molecule has 22 heavy (non-hydrogen) atoms. The molecule has 4 rings (SSSR count). The molecule has 4 aromatic carbocycles. The average molecular weight is 297 g/mol. The summed E-state index contributed by atoms with van der Waals surface area (Å²) >= 11 is 0. The topological polar surface area (TPSA) is 0 Å². The first-order valence-electron chi connectivity index (χ1n) is 7.64. The number of hydrogen-bond donors (Lipinski definition) is 0. The third-order valence-electron chi connectivity index (χ3n) is 4.39. The second kappa shape index (κ2) is 5.43. The SMILES string of the molecule is C[Si](c1cccc2ccccc12)c1cccc2ccccc12.